The first-order valence-corrected chi connectivity index (χ1v) is 8.12. The summed E-state index contributed by atoms with van der Waals surface area (Å²) < 4.78 is 11.8. The summed E-state index contributed by atoms with van der Waals surface area (Å²) in [6.45, 7) is 5.40. The second-order valence-electron chi connectivity index (χ2n) is 6.19. The molecule has 6 nitrogen and oxygen atoms in total. The molecule has 0 aliphatic heterocycles. The number of ether oxygens (including phenoxy) is 1. The SMILES string of the molecule is CC(C)(C)OC(=O)Nc1ccc(-c2nc3cc(Br)ccc3o2)cn1. The second-order valence-corrected chi connectivity index (χ2v) is 7.11. The van der Waals surface area contributed by atoms with Crippen LogP contribution in [0.4, 0.5) is 10.6 Å². The number of aromatic nitrogens is 2. The first-order chi connectivity index (χ1) is 11.3. The van der Waals surface area contributed by atoms with Crippen molar-refractivity contribution < 1.29 is 13.9 Å². The van der Waals surface area contributed by atoms with Crippen LogP contribution < -0.4 is 5.32 Å². The molecule has 0 saturated carbocycles. The van der Waals surface area contributed by atoms with Crippen LogP contribution in [0.25, 0.3) is 22.6 Å². The molecule has 0 aliphatic carbocycles. The zero-order valence-corrected chi connectivity index (χ0v) is 15.0. The van der Waals surface area contributed by atoms with Crippen LogP contribution in [0, 0.1) is 0 Å². The predicted molar refractivity (Wildman–Crippen MR) is 94.8 cm³/mol. The van der Waals surface area contributed by atoms with Crippen molar-refractivity contribution in [1.29, 1.82) is 0 Å². The number of halogens is 1. The van der Waals surface area contributed by atoms with Gasteiger partial charge in [0.25, 0.3) is 0 Å². The van der Waals surface area contributed by atoms with Gasteiger partial charge in [-0.2, -0.15) is 0 Å². The Morgan fingerprint density at radius 3 is 2.71 bits per heavy atom. The molecule has 124 valence electrons. The average Bonchev–Trinajstić information content (AvgIpc) is 2.89. The molecule has 0 bridgehead atoms. The maximum absolute atomic E-state index is 11.7. The summed E-state index contributed by atoms with van der Waals surface area (Å²) in [5.74, 6) is 0.867. The zero-order chi connectivity index (χ0) is 17.3. The van der Waals surface area contributed by atoms with Crippen molar-refractivity contribution in [2.24, 2.45) is 0 Å². The molecule has 1 N–H and O–H groups in total. The topological polar surface area (TPSA) is 77.2 Å². The molecule has 7 heteroatoms. The van der Waals surface area contributed by atoms with Gasteiger partial charge in [-0.15, -0.1) is 0 Å². The third kappa shape index (κ3) is 3.91. The molecule has 1 amide bonds. The highest BCUT2D eigenvalue weighted by Gasteiger charge is 2.16. The summed E-state index contributed by atoms with van der Waals surface area (Å²) in [6, 6.07) is 9.07. The maximum Gasteiger partial charge on any atom is 0.413 e. The molecule has 0 saturated heterocycles. The largest absolute Gasteiger partial charge is 0.444 e. The highest BCUT2D eigenvalue weighted by Crippen LogP contribution is 2.26. The summed E-state index contributed by atoms with van der Waals surface area (Å²) in [5.41, 5.74) is 1.62. The van der Waals surface area contributed by atoms with Crippen molar-refractivity contribution in [3.8, 4) is 11.5 Å². The molecule has 0 spiro atoms. The zero-order valence-electron chi connectivity index (χ0n) is 13.5. The molecule has 0 atom stereocenters. The van der Waals surface area contributed by atoms with E-state index in [1.54, 1.807) is 39.1 Å². The molecule has 0 unspecified atom stereocenters. The summed E-state index contributed by atoms with van der Waals surface area (Å²) in [5, 5.41) is 2.58. The lowest BCUT2D eigenvalue weighted by Crippen LogP contribution is -2.27. The van der Waals surface area contributed by atoms with Gasteiger partial charge in [-0.05, 0) is 51.1 Å². The van der Waals surface area contributed by atoms with E-state index >= 15 is 0 Å². The molecule has 2 aromatic heterocycles. The van der Waals surface area contributed by atoms with Gasteiger partial charge in [0.2, 0.25) is 5.89 Å². The number of anilines is 1. The van der Waals surface area contributed by atoms with Crippen LogP contribution in [-0.4, -0.2) is 21.7 Å². The molecule has 0 radical (unpaired) electrons. The van der Waals surface area contributed by atoms with Crippen LogP contribution in [0.5, 0.6) is 0 Å². The number of nitrogens with one attached hydrogen (secondary N) is 1. The van der Waals surface area contributed by atoms with Gasteiger partial charge in [0, 0.05) is 10.7 Å². The Labute approximate surface area is 147 Å². The van der Waals surface area contributed by atoms with Crippen molar-refractivity contribution >= 4 is 38.9 Å². The lowest BCUT2D eigenvalue weighted by atomic mass is 10.2. The van der Waals surface area contributed by atoms with Crippen molar-refractivity contribution in [3.63, 3.8) is 0 Å². The summed E-state index contributed by atoms with van der Waals surface area (Å²) in [6.07, 6.45) is 1.04. The smallest absolute Gasteiger partial charge is 0.413 e. The number of rotatable bonds is 2. The number of fused-ring (bicyclic) bond motifs is 1. The van der Waals surface area contributed by atoms with E-state index in [1.165, 1.54) is 0 Å². The minimum Gasteiger partial charge on any atom is -0.444 e. The molecule has 0 fully saturated rings. The number of amides is 1. The van der Waals surface area contributed by atoms with Crippen molar-refractivity contribution in [1.82, 2.24) is 9.97 Å². The number of benzene rings is 1. The van der Waals surface area contributed by atoms with Crippen molar-refractivity contribution in [2.45, 2.75) is 26.4 Å². The number of carbonyl (C=O) groups excluding carboxylic acids is 1. The van der Waals surface area contributed by atoms with Crippen LogP contribution in [0.2, 0.25) is 0 Å². The van der Waals surface area contributed by atoms with E-state index in [0.717, 1.165) is 15.6 Å². The Kier molecular flexibility index (Phi) is 4.28. The number of hydrogen-bond donors (Lipinski definition) is 1. The number of nitrogens with zero attached hydrogens (tertiary/aromatic N) is 2. The highest BCUT2D eigenvalue weighted by atomic mass is 79.9. The Morgan fingerprint density at radius 1 is 1.25 bits per heavy atom. The van der Waals surface area contributed by atoms with Gasteiger partial charge >= 0.3 is 6.09 Å². The quantitative estimate of drug-likeness (QED) is 0.666. The summed E-state index contributed by atoms with van der Waals surface area (Å²) in [7, 11) is 0. The lowest BCUT2D eigenvalue weighted by Gasteiger charge is -2.19. The summed E-state index contributed by atoms with van der Waals surface area (Å²) in [4.78, 5) is 20.3. The molecular weight excluding hydrogens is 374 g/mol. The fourth-order valence-corrected chi connectivity index (χ4v) is 2.38. The number of pyridine rings is 1. The van der Waals surface area contributed by atoms with Gasteiger partial charge < -0.3 is 9.15 Å². The second kappa shape index (κ2) is 6.24. The van der Waals surface area contributed by atoms with Crippen LogP contribution in [-0.2, 0) is 4.74 Å². The van der Waals surface area contributed by atoms with Crippen LogP contribution >= 0.6 is 15.9 Å². The Morgan fingerprint density at radius 2 is 2.04 bits per heavy atom. The Bertz CT molecular complexity index is 882. The average molecular weight is 390 g/mol. The van der Waals surface area contributed by atoms with Gasteiger partial charge in [0.15, 0.2) is 5.58 Å². The first kappa shape index (κ1) is 16.4. The molecule has 3 rings (SSSR count). The minimum absolute atomic E-state index is 0.395. The van der Waals surface area contributed by atoms with E-state index in [-0.39, 0.29) is 0 Å². The number of oxazole rings is 1. The van der Waals surface area contributed by atoms with E-state index in [4.69, 9.17) is 9.15 Å². The predicted octanol–water partition coefficient (Wildman–Crippen LogP) is 5.00. The van der Waals surface area contributed by atoms with E-state index in [9.17, 15) is 4.79 Å². The first-order valence-electron chi connectivity index (χ1n) is 7.33. The molecule has 1 aromatic carbocycles. The Hall–Kier alpha value is -2.41. The Balaban J connectivity index is 1.77. The van der Waals surface area contributed by atoms with Crippen LogP contribution in [0.15, 0.2) is 45.4 Å². The third-order valence-corrected chi connectivity index (χ3v) is 3.48. The van der Waals surface area contributed by atoms with E-state index < -0.39 is 11.7 Å². The summed E-state index contributed by atoms with van der Waals surface area (Å²) >= 11 is 3.40. The van der Waals surface area contributed by atoms with Crippen LogP contribution in [0.1, 0.15) is 20.8 Å². The molecular formula is C17H16BrN3O3. The van der Waals surface area contributed by atoms with Gasteiger partial charge in [-0.1, -0.05) is 15.9 Å². The molecule has 3 aromatic rings. The van der Waals surface area contributed by atoms with E-state index in [2.05, 4.69) is 31.2 Å². The minimum atomic E-state index is -0.559. The molecule has 2 heterocycles. The number of hydrogen-bond acceptors (Lipinski definition) is 5. The molecule has 0 aliphatic rings. The fraction of sp³-hybridized carbons (Fsp3) is 0.235. The standard InChI is InChI=1S/C17H16BrN3O3/c1-17(2,3)24-16(22)21-14-7-4-10(9-19-14)15-20-12-8-11(18)5-6-13(12)23-15/h4-9H,1-3H3,(H,19,21,22). The maximum atomic E-state index is 11.7. The van der Waals surface area contributed by atoms with Gasteiger partial charge in [0.1, 0.15) is 16.9 Å². The highest BCUT2D eigenvalue weighted by molar-refractivity contribution is 9.10. The normalized spacial score (nSPS) is 11.5. The van der Waals surface area contributed by atoms with Crippen molar-refractivity contribution in [2.75, 3.05) is 5.32 Å². The number of carbonyl (C=O) groups is 1. The van der Waals surface area contributed by atoms with Crippen molar-refractivity contribution in [3.05, 3.63) is 41.0 Å². The monoisotopic (exact) mass is 389 g/mol. The third-order valence-electron chi connectivity index (χ3n) is 2.99. The van der Waals surface area contributed by atoms with Gasteiger partial charge in [0.05, 0.1) is 5.56 Å². The van der Waals surface area contributed by atoms with Crippen LogP contribution in [0.3, 0.4) is 0 Å². The van der Waals surface area contributed by atoms with Gasteiger partial charge in [-0.25, -0.2) is 14.8 Å². The lowest BCUT2D eigenvalue weighted by molar-refractivity contribution is 0.0635. The fourth-order valence-electron chi connectivity index (χ4n) is 2.03. The van der Waals surface area contributed by atoms with E-state index in [1.807, 2.05) is 18.2 Å². The molecule has 24 heavy (non-hydrogen) atoms. The van der Waals surface area contributed by atoms with Gasteiger partial charge in [-0.3, -0.25) is 5.32 Å². The van der Waals surface area contributed by atoms with E-state index in [0.29, 0.717) is 17.3 Å².